The van der Waals surface area contributed by atoms with E-state index in [0.29, 0.717) is 16.5 Å². The molecule has 2 rings (SSSR count). The van der Waals surface area contributed by atoms with Gasteiger partial charge in [-0.3, -0.25) is 14.8 Å². The number of anilines is 1. The molecule has 0 aliphatic heterocycles. The molecule has 20 heavy (non-hydrogen) atoms. The van der Waals surface area contributed by atoms with Crippen LogP contribution in [0.4, 0.5) is 10.1 Å². The molecule has 0 spiro atoms. The third-order valence-corrected chi connectivity index (χ3v) is 2.44. The van der Waals surface area contributed by atoms with Crippen molar-refractivity contribution in [2.75, 3.05) is 5.43 Å². The van der Waals surface area contributed by atoms with Crippen LogP contribution in [0.25, 0.3) is 0 Å². The second-order valence-electron chi connectivity index (χ2n) is 3.91. The number of halogens is 1. The van der Waals surface area contributed by atoms with Gasteiger partial charge in [0.1, 0.15) is 5.84 Å². The van der Waals surface area contributed by atoms with Crippen LogP contribution in [0.2, 0.25) is 0 Å². The lowest BCUT2D eigenvalue weighted by Gasteiger charge is -2.05. The molecule has 1 aromatic carbocycles. The van der Waals surface area contributed by atoms with Gasteiger partial charge in [-0.1, -0.05) is 18.2 Å². The normalized spacial score (nSPS) is 11.3. The summed E-state index contributed by atoms with van der Waals surface area (Å²) in [6.07, 6.45) is 0.705. The van der Waals surface area contributed by atoms with E-state index in [-0.39, 0.29) is 12.4 Å². The highest BCUT2D eigenvalue weighted by Gasteiger charge is 2.07. The van der Waals surface area contributed by atoms with E-state index in [1.165, 1.54) is 0 Å². The van der Waals surface area contributed by atoms with Crippen LogP contribution in [0.5, 0.6) is 0 Å². The molecule has 0 unspecified atom stereocenters. The van der Waals surface area contributed by atoms with E-state index in [1.54, 1.807) is 24.3 Å². The minimum atomic E-state index is -1.06. The maximum Gasteiger partial charge on any atom is 0.328 e. The van der Waals surface area contributed by atoms with Gasteiger partial charge >= 0.3 is 5.69 Å². The Bertz CT molecular complexity index is 736. The maximum atomic E-state index is 13.1. The number of benzene rings is 1. The van der Waals surface area contributed by atoms with Crippen molar-refractivity contribution in [3.63, 3.8) is 0 Å². The Kier molecular flexibility index (Phi) is 3.94. The van der Waals surface area contributed by atoms with Gasteiger partial charge in [0.15, 0.2) is 0 Å². The van der Waals surface area contributed by atoms with Crippen molar-refractivity contribution in [3.05, 3.63) is 63.2 Å². The summed E-state index contributed by atoms with van der Waals surface area (Å²) in [6, 6.07) is 8.96. The number of hydrogen-bond acceptors (Lipinski definition) is 4. The van der Waals surface area contributed by atoms with Crippen LogP contribution in [-0.2, 0) is 6.54 Å². The number of H-pyrrole nitrogens is 1. The minimum absolute atomic E-state index is 0.0351. The van der Waals surface area contributed by atoms with Crippen LogP contribution >= 0.6 is 0 Å². The van der Waals surface area contributed by atoms with Gasteiger partial charge in [0.2, 0.25) is 5.82 Å². The third kappa shape index (κ3) is 3.10. The van der Waals surface area contributed by atoms with Crippen LogP contribution < -0.4 is 22.4 Å². The van der Waals surface area contributed by atoms with Crippen LogP contribution in [-0.4, -0.2) is 15.4 Å². The van der Waals surface area contributed by atoms with Crippen LogP contribution in [0.1, 0.15) is 0 Å². The average molecular weight is 277 g/mol. The molecule has 7 nitrogen and oxygen atoms in total. The molecule has 1 heterocycles. The molecule has 0 saturated heterocycles. The van der Waals surface area contributed by atoms with Crippen LogP contribution in [0.15, 0.2) is 51.2 Å². The molecule has 8 heteroatoms. The molecule has 0 fully saturated rings. The first-order chi connectivity index (χ1) is 9.58. The van der Waals surface area contributed by atoms with Crippen LogP contribution in [0, 0.1) is 5.82 Å². The Morgan fingerprint density at radius 1 is 1.35 bits per heavy atom. The van der Waals surface area contributed by atoms with Gasteiger partial charge in [0.25, 0.3) is 5.56 Å². The molecule has 0 radical (unpaired) electrons. The molecule has 2 aromatic rings. The first-order valence-corrected chi connectivity index (χ1v) is 5.69. The molecular formula is C12H12FN5O2. The molecule has 1 aromatic heterocycles. The van der Waals surface area contributed by atoms with Gasteiger partial charge < -0.3 is 10.7 Å². The Labute approximate surface area is 112 Å². The molecule has 0 saturated carbocycles. The van der Waals surface area contributed by atoms with Crippen molar-refractivity contribution < 1.29 is 4.39 Å². The second-order valence-corrected chi connectivity index (χ2v) is 3.91. The Morgan fingerprint density at radius 3 is 2.75 bits per heavy atom. The molecule has 0 bridgehead atoms. The van der Waals surface area contributed by atoms with Gasteiger partial charge in [0, 0.05) is 6.20 Å². The zero-order chi connectivity index (χ0) is 14.5. The van der Waals surface area contributed by atoms with Gasteiger partial charge in [-0.05, 0) is 12.1 Å². The largest absolute Gasteiger partial charge is 0.384 e. The summed E-state index contributed by atoms with van der Waals surface area (Å²) >= 11 is 0. The number of aromatic amines is 1. The minimum Gasteiger partial charge on any atom is -0.384 e. The highest BCUT2D eigenvalue weighted by Crippen LogP contribution is 2.04. The molecule has 0 atom stereocenters. The summed E-state index contributed by atoms with van der Waals surface area (Å²) < 4.78 is 13.7. The summed E-state index contributed by atoms with van der Waals surface area (Å²) in [5.74, 6) is -1.10. The zero-order valence-corrected chi connectivity index (χ0v) is 10.3. The van der Waals surface area contributed by atoms with E-state index < -0.39 is 17.1 Å². The summed E-state index contributed by atoms with van der Waals surface area (Å²) in [7, 11) is 0. The number of hydrazone groups is 1. The van der Waals surface area contributed by atoms with Crippen molar-refractivity contribution in [1.82, 2.24) is 9.55 Å². The zero-order valence-electron chi connectivity index (χ0n) is 10.3. The summed E-state index contributed by atoms with van der Waals surface area (Å²) in [6.45, 7) is -0.314. The van der Waals surface area contributed by atoms with Gasteiger partial charge in [0.05, 0.1) is 12.2 Å². The fourth-order valence-electron chi connectivity index (χ4n) is 1.48. The highest BCUT2D eigenvalue weighted by atomic mass is 19.1. The summed E-state index contributed by atoms with van der Waals surface area (Å²) in [5, 5.41) is 3.81. The predicted octanol–water partition coefficient (Wildman–Crippen LogP) is 0.0600. The second kappa shape index (κ2) is 5.83. The number of hydrogen-bond donors (Lipinski definition) is 3. The predicted molar refractivity (Wildman–Crippen MR) is 73.0 cm³/mol. The first-order valence-electron chi connectivity index (χ1n) is 5.69. The Morgan fingerprint density at radius 2 is 2.05 bits per heavy atom. The Balaban J connectivity index is 2.16. The van der Waals surface area contributed by atoms with Crippen molar-refractivity contribution in [3.8, 4) is 0 Å². The summed E-state index contributed by atoms with van der Waals surface area (Å²) in [4.78, 5) is 24.9. The Hall–Kier alpha value is -2.90. The van der Waals surface area contributed by atoms with Gasteiger partial charge in [-0.2, -0.15) is 9.49 Å². The van der Waals surface area contributed by atoms with Crippen molar-refractivity contribution >= 4 is 11.5 Å². The number of nitrogens with zero attached hydrogens (tertiary/aromatic N) is 2. The topological polar surface area (TPSA) is 105 Å². The SMILES string of the molecule is N/C(Cn1c(=O)[nH]cc(F)c1=O)=N\Nc1ccccc1. The monoisotopic (exact) mass is 277 g/mol. The highest BCUT2D eigenvalue weighted by molar-refractivity contribution is 5.80. The number of nitrogens with two attached hydrogens (primary N) is 1. The van der Waals surface area contributed by atoms with Gasteiger partial charge in [-0.25, -0.2) is 4.79 Å². The molecule has 0 aliphatic rings. The van der Waals surface area contributed by atoms with E-state index in [0.717, 1.165) is 0 Å². The van der Waals surface area contributed by atoms with Crippen molar-refractivity contribution in [2.45, 2.75) is 6.54 Å². The van der Waals surface area contributed by atoms with E-state index in [2.05, 4.69) is 15.5 Å². The maximum absolute atomic E-state index is 13.1. The first kappa shape index (κ1) is 13.5. The standard InChI is InChI=1S/C12H12FN5O2/c13-9-6-15-12(20)18(11(9)19)7-10(14)17-16-8-4-2-1-3-5-8/h1-6,16H,7H2,(H2,14,17)(H,15,20). The summed E-state index contributed by atoms with van der Waals surface area (Å²) in [5.41, 5.74) is 7.14. The molecule has 0 aliphatic carbocycles. The lowest BCUT2D eigenvalue weighted by molar-refractivity contribution is 0.563. The number of aromatic nitrogens is 2. The van der Waals surface area contributed by atoms with E-state index in [4.69, 9.17) is 5.73 Å². The van der Waals surface area contributed by atoms with Crippen molar-refractivity contribution in [2.24, 2.45) is 10.8 Å². The third-order valence-electron chi connectivity index (χ3n) is 2.44. The van der Waals surface area contributed by atoms with Crippen molar-refractivity contribution in [1.29, 1.82) is 0 Å². The van der Waals surface area contributed by atoms with E-state index >= 15 is 0 Å². The number of nitrogens with one attached hydrogen (secondary N) is 2. The fourth-order valence-corrected chi connectivity index (χ4v) is 1.48. The molecular weight excluding hydrogens is 265 g/mol. The molecule has 104 valence electrons. The fraction of sp³-hybridized carbons (Fsp3) is 0.0833. The lowest BCUT2D eigenvalue weighted by Crippen LogP contribution is -2.40. The van der Waals surface area contributed by atoms with E-state index in [9.17, 15) is 14.0 Å². The van der Waals surface area contributed by atoms with Gasteiger partial charge in [-0.15, -0.1) is 0 Å². The molecule has 4 N–H and O–H groups in total. The lowest BCUT2D eigenvalue weighted by atomic mass is 10.3. The number of amidine groups is 1. The smallest absolute Gasteiger partial charge is 0.328 e. The van der Waals surface area contributed by atoms with E-state index in [1.807, 2.05) is 6.07 Å². The average Bonchev–Trinajstić information content (AvgIpc) is 2.46. The number of rotatable bonds is 4. The quantitative estimate of drug-likeness (QED) is 0.417. The molecule has 0 amide bonds. The number of para-hydroxylation sites is 1. The van der Waals surface area contributed by atoms with Crippen LogP contribution in [0.3, 0.4) is 0 Å².